The number of sulfonamides is 1. The molecule has 7 heteroatoms. The maximum atomic E-state index is 12.0. The maximum absolute atomic E-state index is 12.0. The quantitative estimate of drug-likeness (QED) is 0.453. The largest absolute Gasteiger partial charge is 0.399 e. The first-order valence-corrected chi connectivity index (χ1v) is 9.95. The summed E-state index contributed by atoms with van der Waals surface area (Å²) in [5.74, 6) is 1.20. The molecule has 0 amide bonds. The van der Waals surface area contributed by atoms with Gasteiger partial charge in [0.1, 0.15) is 4.90 Å². The van der Waals surface area contributed by atoms with Crippen LogP contribution in [0.15, 0.2) is 23.1 Å². The average Bonchev–Trinajstić information content (AvgIpc) is 2.47. The van der Waals surface area contributed by atoms with Gasteiger partial charge in [-0.2, -0.15) is 11.8 Å². The zero-order chi connectivity index (χ0) is 15.7. The van der Waals surface area contributed by atoms with E-state index >= 15 is 0 Å². The van der Waals surface area contributed by atoms with E-state index in [9.17, 15) is 8.42 Å². The second-order valence-electron chi connectivity index (χ2n) is 4.80. The van der Waals surface area contributed by atoms with Crippen LogP contribution in [0.4, 0.5) is 11.4 Å². The number of hydrogen-bond donors (Lipinski definition) is 3. The van der Waals surface area contributed by atoms with E-state index in [0.29, 0.717) is 11.4 Å². The molecule has 0 heterocycles. The Balaban J connectivity index is 2.55. The SMILES string of the molecule is CNS(=O)(=O)c1cc(N)ccc1NCCCCCCSC. The summed E-state index contributed by atoms with van der Waals surface area (Å²) in [6, 6.07) is 4.90. The summed E-state index contributed by atoms with van der Waals surface area (Å²) in [4.78, 5) is 0.201. The predicted octanol–water partition coefficient (Wildman–Crippen LogP) is 2.51. The highest BCUT2D eigenvalue weighted by atomic mass is 32.2. The lowest BCUT2D eigenvalue weighted by Crippen LogP contribution is -2.20. The minimum atomic E-state index is -3.50. The molecule has 0 saturated carbocycles. The topological polar surface area (TPSA) is 84.2 Å². The van der Waals surface area contributed by atoms with Crippen molar-refractivity contribution in [2.24, 2.45) is 0 Å². The minimum Gasteiger partial charge on any atom is -0.399 e. The Kier molecular flexibility index (Phi) is 7.92. The van der Waals surface area contributed by atoms with Crippen LogP contribution in [0.1, 0.15) is 25.7 Å². The van der Waals surface area contributed by atoms with Crippen LogP contribution in [-0.4, -0.2) is 34.0 Å². The Hall–Kier alpha value is -0.920. The van der Waals surface area contributed by atoms with E-state index in [2.05, 4.69) is 16.3 Å². The molecule has 0 spiro atoms. The molecule has 0 unspecified atom stereocenters. The van der Waals surface area contributed by atoms with Crippen molar-refractivity contribution in [3.05, 3.63) is 18.2 Å². The molecule has 0 fully saturated rings. The number of nitrogens with two attached hydrogens (primary N) is 1. The second kappa shape index (κ2) is 9.17. The van der Waals surface area contributed by atoms with Gasteiger partial charge in [-0.1, -0.05) is 12.8 Å². The third-order valence-electron chi connectivity index (χ3n) is 3.15. The number of unbranched alkanes of at least 4 members (excludes halogenated alkanes) is 3. The van der Waals surface area contributed by atoms with Crippen molar-refractivity contribution in [2.75, 3.05) is 36.7 Å². The normalized spacial score (nSPS) is 11.5. The molecule has 1 rings (SSSR count). The van der Waals surface area contributed by atoms with E-state index in [4.69, 9.17) is 5.73 Å². The summed E-state index contributed by atoms with van der Waals surface area (Å²) in [5, 5.41) is 3.19. The number of rotatable bonds is 10. The van der Waals surface area contributed by atoms with Gasteiger partial charge >= 0.3 is 0 Å². The number of nitrogen functional groups attached to an aromatic ring is 1. The highest BCUT2D eigenvalue weighted by molar-refractivity contribution is 7.98. The van der Waals surface area contributed by atoms with Crippen molar-refractivity contribution in [1.82, 2.24) is 4.72 Å². The summed E-state index contributed by atoms with van der Waals surface area (Å²) in [6.07, 6.45) is 6.75. The Morgan fingerprint density at radius 2 is 1.90 bits per heavy atom. The van der Waals surface area contributed by atoms with Gasteiger partial charge in [0.2, 0.25) is 10.0 Å². The van der Waals surface area contributed by atoms with Gasteiger partial charge in [0.05, 0.1) is 5.69 Å². The summed E-state index contributed by atoms with van der Waals surface area (Å²) >= 11 is 1.87. The third kappa shape index (κ3) is 6.15. The molecule has 120 valence electrons. The van der Waals surface area contributed by atoms with Crippen LogP contribution in [0, 0.1) is 0 Å². The van der Waals surface area contributed by atoms with Crippen LogP contribution in [-0.2, 0) is 10.0 Å². The van der Waals surface area contributed by atoms with Crippen LogP contribution in [0.5, 0.6) is 0 Å². The van der Waals surface area contributed by atoms with Gasteiger partial charge in [-0.3, -0.25) is 0 Å². The van der Waals surface area contributed by atoms with Crippen molar-refractivity contribution in [2.45, 2.75) is 30.6 Å². The molecular formula is C14H25N3O2S2. The third-order valence-corrected chi connectivity index (χ3v) is 5.31. The van der Waals surface area contributed by atoms with Crippen LogP contribution >= 0.6 is 11.8 Å². The fourth-order valence-electron chi connectivity index (χ4n) is 1.97. The molecule has 1 aromatic rings. The minimum absolute atomic E-state index is 0.201. The highest BCUT2D eigenvalue weighted by Gasteiger charge is 2.16. The fraction of sp³-hybridized carbons (Fsp3) is 0.571. The predicted molar refractivity (Wildman–Crippen MR) is 92.4 cm³/mol. The van der Waals surface area contributed by atoms with Crippen LogP contribution in [0.25, 0.3) is 0 Å². The van der Waals surface area contributed by atoms with Crippen molar-refractivity contribution >= 4 is 33.2 Å². The lowest BCUT2D eigenvalue weighted by atomic mass is 10.2. The first kappa shape index (κ1) is 18.1. The molecule has 0 aliphatic heterocycles. The summed E-state index contributed by atoms with van der Waals surface area (Å²) in [5.41, 5.74) is 6.72. The number of thioether (sulfide) groups is 1. The van der Waals surface area contributed by atoms with Gasteiger partial charge in [-0.05, 0) is 50.1 Å². The first-order valence-electron chi connectivity index (χ1n) is 7.07. The van der Waals surface area contributed by atoms with E-state index in [1.54, 1.807) is 12.1 Å². The van der Waals surface area contributed by atoms with Crippen molar-refractivity contribution in [3.8, 4) is 0 Å². The Labute approximate surface area is 132 Å². The number of hydrogen-bond acceptors (Lipinski definition) is 5. The molecule has 5 nitrogen and oxygen atoms in total. The number of nitrogens with one attached hydrogen (secondary N) is 2. The van der Waals surface area contributed by atoms with Gasteiger partial charge in [-0.25, -0.2) is 13.1 Å². The zero-order valence-electron chi connectivity index (χ0n) is 12.7. The van der Waals surface area contributed by atoms with Crippen LogP contribution in [0.2, 0.25) is 0 Å². The molecule has 0 aliphatic carbocycles. The molecule has 0 aliphatic rings. The molecule has 0 radical (unpaired) electrons. The zero-order valence-corrected chi connectivity index (χ0v) is 14.3. The van der Waals surface area contributed by atoms with Gasteiger partial charge < -0.3 is 11.1 Å². The standard InChI is InChI=1S/C14H25N3O2S2/c1-16-21(18,19)14-11-12(15)7-8-13(14)17-9-5-3-4-6-10-20-2/h7-8,11,16-17H,3-6,9-10,15H2,1-2H3. The van der Waals surface area contributed by atoms with Crippen molar-refractivity contribution in [1.29, 1.82) is 0 Å². The lowest BCUT2D eigenvalue weighted by molar-refractivity contribution is 0.588. The van der Waals surface area contributed by atoms with E-state index in [1.165, 1.54) is 31.7 Å². The molecule has 21 heavy (non-hydrogen) atoms. The molecule has 0 bridgehead atoms. The van der Waals surface area contributed by atoms with Gasteiger partial charge in [-0.15, -0.1) is 0 Å². The highest BCUT2D eigenvalue weighted by Crippen LogP contribution is 2.23. The molecule has 1 aromatic carbocycles. The Morgan fingerprint density at radius 3 is 2.57 bits per heavy atom. The molecule has 4 N–H and O–H groups in total. The van der Waals surface area contributed by atoms with Gasteiger partial charge in [0.25, 0.3) is 0 Å². The maximum Gasteiger partial charge on any atom is 0.242 e. The van der Waals surface area contributed by atoms with Gasteiger partial charge in [0, 0.05) is 12.2 Å². The summed E-state index contributed by atoms with van der Waals surface area (Å²) in [6.45, 7) is 0.759. The van der Waals surface area contributed by atoms with E-state index in [1.807, 2.05) is 11.8 Å². The fourth-order valence-corrected chi connectivity index (χ4v) is 3.40. The molecule has 0 saturated heterocycles. The Bertz CT molecular complexity index is 533. The van der Waals surface area contributed by atoms with Crippen molar-refractivity contribution < 1.29 is 8.42 Å². The second-order valence-corrected chi connectivity index (χ2v) is 7.64. The van der Waals surface area contributed by atoms with Gasteiger partial charge in [0.15, 0.2) is 0 Å². The van der Waals surface area contributed by atoms with E-state index in [-0.39, 0.29) is 4.90 Å². The smallest absolute Gasteiger partial charge is 0.242 e. The summed E-state index contributed by atoms with van der Waals surface area (Å²) in [7, 11) is -2.10. The number of anilines is 2. The number of benzene rings is 1. The molecular weight excluding hydrogens is 306 g/mol. The Morgan fingerprint density at radius 1 is 1.19 bits per heavy atom. The monoisotopic (exact) mass is 331 g/mol. The average molecular weight is 332 g/mol. The van der Waals surface area contributed by atoms with E-state index in [0.717, 1.165) is 19.4 Å². The van der Waals surface area contributed by atoms with Crippen LogP contribution < -0.4 is 15.8 Å². The summed E-state index contributed by atoms with van der Waals surface area (Å²) < 4.78 is 26.3. The first-order chi connectivity index (χ1) is 10.0. The van der Waals surface area contributed by atoms with E-state index < -0.39 is 10.0 Å². The van der Waals surface area contributed by atoms with Crippen molar-refractivity contribution in [3.63, 3.8) is 0 Å². The lowest BCUT2D eigenvalue weighted by Gasteiger charge is -2.12. The van der Waals surface area contributed by atoms with Crippen LogP contribution in [0.3, 0.4) is 0 Å². The molecule has 0 aromatic heterocycles. The molecule has 0 atom stereocenters.